The zero-order valence-electron chi connectivity index (χ0n) is 9.68. The topological polar surface area (TPSA) is 21.3 Å². The van der Waals surface area contributed by atoms with Crippen LogP contribution in [0, 0.1) is 5.92 Å². The van der Waals surface area contributed by atoms with Crippen LogP contribution < -0.4 is 5.32 Å². The molecule has 3 atom stereocenters. The minimum absolute atomic E-state index is 0.0419. The molecular weight excluding hydrogens is 174 g/mol. The summed E-state index contributed by atoms with van der Waals surface area (Å²) >= 11 is 0. The lowest BCUT2D eigenvalue weighted by Gasteiger charge is -2.46. The maximum Gasteiger partial charge on any atom is 0.0755 e. The van der Waals surface area contributed by atoms with E-state index in [9.17, 15) is 0 Å². The van der Waals surface area contributed by atoms with Crippen molar-refractivity contribution in [1.82, 2.24) is 5.32 Å². The van der Waals surface area contributed by atoms with Gasteiger partial charge in [-0.15, -0.1) is 0 Å². The van der Waals surface area contributed by atoms with Crippen LogP contribution in [-0.2, 0) is 4.74 Å². The summed E-state index contributed by atoms with van der Waals surface area (Å²) in [6, 6.07) is 0.627. The zero-order valence-corrected chi connectivity index (χ0v) is 9.68. The molecule has 1 saturated carbocycles. The quantitative estimate of drug-likeness (QED) is 0.696. The van der Waals surface area contributed by atoms with Crippen LogP contribution in [0.1, 0.15) is 46.5 Å². The van der Waals surface area contributed by atoms with E-state index in [1.54, 1.807) is 0 Å². The third-order valence-electron chi connectivity index (χ3n) is 3.73. The Bertz CT molecular complexity index is 202. The first kappa shape index (κ1) is 10.4. The summed E-state index contributed by atoms with van der Waals surface area (Å²) in [6.07, 6.45) is 5.72. The van der Waals surface area contributed by atoms with Crippen LogP contribution in [0.15, 0.2) is 0 Å². The van der Waals surface area contributed by atoms with Crippen molar-refractivity contribution in [2.75, 3.05) is 6.54 Å². The number of hydrogen-bond acceptors (Lipinski definition) is 2. The van der Waals surface area contributed by atoms with E-state index in [0.717, 1.165) is 12.5 Å². The number of hydrogen-bond donors (Lipinski definition) is 1. The molecule has 0 aromatic rings. The van der Waals surface area contributed by atoms with Crippen LogP contribution >= 0.6 is 0 Å². The molecule has 1 aliphatic carbocycles. The van der Waals surface area contributed by atoms with Crippen molar-refractivity contribution >= 4 is 0 Å². The van der Waals surface area contributed by atoms with Gasteiger partial charge in [-0.3, -0.25) is 0 Å². The van der Waals surface area contributed by atoms with Gasteiger partial charge in [0.15, 0.2) is 0 Å². The fourth-order valence-corrected chi connectivity index (χ4v) is 2.78. The Hall–Kier alpha value is -0.0800. The first-order chi connectivity index (χ1) is 6.61. The van der Waals surface area contributed by atoms with Crippen LogP contribution in [0.4, 0.5) is 0 Å². The highest BCUT2D eigenvalue weighted by molar-refractivity contribution is 4.93. The summed E-state index contributed by atoms with van der Waals surface area (Å²) in [5, 5.41) is 3.65. The first-order valence-electron chi connectivity index (χ1n) is 6.02. The molecule has 0 aromatic heterocycles. The number of nitrogens with one attached hydrogen (secondary N) is 1. The van der Waals surface area contributed by atoms with Crippen LogP contribution in [0.5, 0.6) is 0 Å². The van der Waals surface area contributed by atoms with Crippen molar-refractivity contribution in [1.29, 1.82) is 0 Å². The molecule has 3 unspecified atom stereocenters. The fraction of sp³-hybridized carbons (Fsp3) is 1.00. The second kappa shape index (κ2) is 3.82. The Morgan fingerprint density at radius 2 is 2.14 bits per heavy atom. The third kappa shape index (κ3) is 2.12. The van der Waals surface area contributed by atoms with Gasteiger partial charge in [-0.25, -0.2) is 0 Å². The highest BCUT2D eigenvalue weighted by atomic mass is 16.5. The molecule has 0 bridgehead atoms. The van der Waals surface area contributed by atoms with E-state index in [4.69, 9.17) is 4.74 Å². The Morgan fingerprint density at radius 1 is 1.36 bits per heavy atom. The predicted octanol–water partition coefficient (Wildman–Crippen LogP) is 2.33. The maximum atomic E-state index is 6.11. The molecule has 1 aliphatic heterocycles. The van der Waals surface area contributed by atoms with Crippen LogP contribution in [0.2, 0.25) is 0 Å². The highest BCUT2D eigenvalue weighted by Crippen LogP contribution is 2.33. The normalized spacial score (nSPS) is 41.8. The third-order valence-corrected chi connectivity index (χ3v) is 3.73. The number of morpholine rings is 1. The van der Waals surface area contributed by atoms with Gasteiger partial charge in [0.1, 0.15) is 0 Å². The van der Waals surface area contributed by atoms with Gasteiger partial charge in [-0.1, -0.05) is 13.3 Å². The Kier molecular flexibility index (Phi) is 2.85. The summed E-state index contributed by atoms with van der Waals surface area (Å²) in [4.78, 5) is 0. The van der Waals surface area contributed by atoms with Crippen molar-refractivity contribution in [3.63, 3.8) is 0 Å². The van der Waals surface area contributed by atoms with Gasteiger partial charge in [0.25, 0.3) is 0 Å². The van der Waals surface area contributed by atoms with Crippen LogP contribution in [0.3, 0.4) is 0 Å². The average Bonchev–Trinajstić information content (AvgIpc) is 2.16. The molecule has 0 aromatic carbocycles. The molecule has 1 heterocycles. The molecule has 2 aliphatic rings. The summed E-state index contributed by atoms with van der Waals surface area (Å²) in [5.41, 5.74) is 0.0419. The predicted molar refractivity (Wildman–Crippen MR) is 58.4 cm³/mol. The van der Waals surface area contributed by atoms with Gasteiger partial charge >= 0.3 is 0 Å². The monoisotopic (exact) mass is 197 g/mol. The average molecular weight is 197 g/mol. The van der Waals surface area contributed by atoms with Crippen molar-refractivity contribution in [3.05, 3.63) is 0 Å². The maximum absolute atomic E-state index is 6.11. The van der Waals surface area contributed by atoms with E-state index in [0.29, 0.717) is 12.1 Å². The molecule has 14 heavy (non-hydrogen) atoms. The van der Waals surface area contributed by atoms with E-state index < -0.39 is 0 Å². The van der Waals surface area contributed by atoms with E-state index in [1.165, 1.54) is 25.7 Å². The number of rotatable bonds is 1. The lowest BCUT2D eigenvalue weighted by Crippen LogP contribution is -2.58. The number of ether oxygens (including phenoxy) is 1. The Morgan fingerprint density at radius 3 is 2.86 bits per heavy atom. The Labute approximate surface area is 87.4 Å². The smallest absolute Gasteiger partial charge is 0.0755 e. The zero-order chi connectivity index (χ0) is 10.2. The first-order valence-corrected chi connectivity index (χ1v) is 6.02. The molecule has 82 valence electrons. The van der Waals surface area contributed by atoms with Gasteiger partial charge in [0.2, 0.25) is 0 Å². The standard InChI is InChI=1S/C12H23NO/c1-4-9-5-6-11-10(7-9)13-8-12(2,3)14-11/h9-11,13H,4-8H2,1-3H3. The van der Waals surface area contributed by atoms with E-state index >= 15 is 0 Å². The largest absolute Gasteiger partial charge is 0.369 e. The summed E-state index contributed by atoms with van der Waals surface area (Å²) < 4.78 is 6.11. The highest BCUT2D eigenvalue weighted by Gasteiger charge is 2.38. The minimum atomic E-state index is 0.0419. The Balaban J connectivity index is 1.94. The molecule has 2 heteroatoms. The second-order valence-electron chi connectivity index (χ2n) is 5.49. The second-order valence-corrected chi connectivity index (χ2v) is 5.49. The van der Waals surface area contributed by atoms with Gasteiger partial charge in [-0.05, 0) is 39.0 Å². The molecule has 2 nitrogen and oxygen atoms in total. The van der Waals surface area contributed by atoms with E-state index in [1.807, 2.05) is 0 Å². The molecule has 1 saturated heterocycles. The summed E-state index contributed by atoms with van der Waals surface area (Å²) in [6.45, 7) is 7.67. The van der Waals surface area contributed by atoms with Gasteiger partial charge in [-0.2, -0.15) is 0 Å². The van der Waals surface area contributed by atoms with Crippen molar-refractivity contribution < 1.29 is 4.74 Å². The van der Waals surface area contributed by atoms with Crippen LogP contribution in [-0.4, -0.2) is 24.3 Å². The fourth-order valence-electron chi connectivity index (χ4n) is 2.78. The molecule has 0 spiro atoms. The molecule has 2 fully saturated rings. The summed E-state index contributed by atoms with van der Waals surface area (Å²) in [5.74, 6) is 0.925. The molecule has 1 N–H and O–H groups in total. The van der Waals surface area contributed by atoms with Gasteiger partial charge in [0.05, 0.1) is 11.7 Å². The number of fused-ring (bicyclic) bond motifs is 1. The molecule has 0 amide bonds. The SMILES string of the molecule is CCC1CCC2OC(C)(C)CNC2C1. The lowest BCUT2D eigenvalue weighted by molar-refractivity contribution is -0.131. The summed E-state index contributed by atoms with van der Waals surface area (Å²) in [7, 11) is 0. The molecule has 0 radical (unpaired) electrons. The molecular formula is C12H23NO. The van der Waals surface area contributed by atoms with Gasteiger partial charge in [0, 0.05) is 12.6 Å². The van der Waals surface area contributed by atoms with Crippen LogP contribution in [0.25, 0.3) is 0 Å². The van der Waals surface area contributed by atoms with E-state index in [2.05, 4.69) is 26.1 Å². The van der Waals surface area contributed by atoms with Crippen molar-refractivity contribution in [2.45, 2.75) is 64.2 Å². The molecule has 2 rings (SSSR count). The minimum Gasteiger partial charge on any atom is -0.369 e. The lowest BCUT2D eigenvalue weighted by atomic mass is 9.81. The van der Waals surface area contributed by atoms with Crippen molar-refractivity contribution in [3.8, 4) is 0 Å². The van der Waals surface area contributed by atoms with Gasteiger partial charge < -0.3 is 10.1 Å². The van der Waals surface area contributed by atoms with E-state index in [-0.39, 0.29) is 5.60 Å². The van der Waals surface area contributed by atoms with Crippen molar-refractivity contribution in [2.24, 2.45) is 5.92 Å².